The lowest BCUT2D eigenvalue weighted by Gasteiger charge is -2.12. The Bertz CT molecular complexity index is 1660. The molecule has 4 rings (SSSR count). The summed E-state index contributed by atoms with van der Waals surface area (Å²) < 4.78 is 0. The summed E-state index contributed by atoms with van der Waals surface area (Å²) in [5, 5.41) is 49.4. The maximum atomic E-state index is 12.1. The van der Waals surface area contributed by atoms with Gasteiger partial charge in [0.15, 0.2) is 0 Å². The molecule has 252 valence electrons. The minimum atomic E-state index is -0.936. The molecule has 0 radical (unpaired) electrons. The molecule has 8 N–H and O–H groups in total. The van der Waals surface area contributed by atoms with Crippen molar-refractivity contribution in [2.75, 3.05) is 21.3 Å². The molecule has 0 heterocycles. The van der Waals surface area contributed by atoms with Gasteiger partial charge in [-0.15, -0.1) is 0 Å². The van der Waals surface area contributed by atoms with Crippen molar-refractivity contribution in [2.24, 2.45) is 0 Å². The quantitative estimate of drug-likeness (QED) is 0.0993. The number of amides is 4. The number of aromatic hydroxyl groups is 4. The van der Waals surface area contributed by atoms with Gasteiger partial charge in [0.1, 0.15) is 23.0 Å². The topological polar surface area (TPSA) is 197 Å². The van der Waals surface area contributed by atoms with Crippen LogP contribution in [0, 0.1) is 55.4 Å². The highest BCUT2D eigenvalue weighted by atomic mass is 16.3. The molecule has 0 aliphatic rings. The molecular formula is C36H40N4O8. The van der Waals surface area contributed by atoms with Gasteiger partial charge in [-0.1, -0.05) is 24.3 Å². The van der Waals surface area contributed by atoms with Crippen molar-refractivity contribution < 1.29 is 39.6 Å². The van der Waals surface area contributed by atoms with E-state index in [-0.39, 0.29) is 45.7 Å². The Morgan fingerprint density at radius 3 is 0.688 bits per heavy atom. The number of aryl methyl sites for hydroxylation is 8. The summed E-state index contributed by atoms with van der Waals surface area (Å²) in [6, 6.07) is 13.3. The normalized spacial score (nSPS) is 10.3. The third kappa shape index (κ3) is 9.03. The molecule has 48 heavy (non-hydrogen) atoms. The summed E-state index contributed by atoms with van der Waals surface area (Å²) in [7, 11) is 0. The lowest BCUT2D eigenvalue weighted by molar-refractivity contribution is -0.133. The van der Waals surface area contributed by atoms with E-state index in [0.29, 0.717) is 22.3 Å². The van der Waals surface area contributed by atoms with E-state index in [2.05, 4.69) is 21.3 Å². The predicted octanol–water partition coefficient (Wildman–Crippen LogP) is 5.82. The average Bonchev–Trinajstić information content (AvgIpc) is 2.99. The zero-order valence-corrected chi connectivity index (χ0v) is 28.0. The first-order chi connectivity index (χ1) is 22.4. The lowest BCUT2D eigenvalue weighted by Crippen LogP contribution is -2.29. The molecule has 4 aromatic carbocycles. The van der Waals surface area contributed by atoms with Crippen LogP contribution < -0.4 is 21.3 Å². The molecule has 0 saturated carbocycles. The fourth-order valence-electron chi connectivity index (χ4n) is 4.94. The number of hydrogen-bond donors (Lipinski definition) is 8. The van der Waals surface area contributed by atoms with Gasteiger partial charge in [-0.2, -0.15) is 0 Å². The minimum Gasteiger partial charge on any atom is -0.505 e. The fourth-order valence-corrected chi connectivity index (χ4v) is 4.94. The Morgan fingerprint density at radius 1 is 0.354 bits per heavy atom. The summed E-state index contributed by atoms with van der Waals surface area (Å²) in [6.07, 6.45) is 0. The van der Waals surface area contributed by atoms with Gasteiger partial charge in [0, 0.05) is 0 Å². The summed E-state index contributed by atoms with van der Waals surface area (Å²) >= 11 is 0. The minimum absolute atomic E-state index is 0.0870. The molecule has 0 fully saturated rings. The number of rotatable bonds is 4. The average molecular weight is 657 g/mol. The summed E-state index contributed by atoms with van der Waals surface area (Å²) in [6.45, 7) is 14.1. The highest BCUT2D eigenvalue weighted by Crippen LogP contribution is 2.32. The maximum absolute atomic E-state index is 12.1. The van der Waals surface area contributed by atoms with Crippen LogP contribution in [0.1, 0.15) is 44.5 Å². The van der Waals surface area contributed by atoms with Gasteiger partial charge < -0.3 is 41.7 Å². The molecule has 12 nitrogen and oxygen atoms in total. The molecule has 0 atom stereocenters. The van der Waals surface area contributed by atoms with E-state index >= 15 is 0 Å². The number of carbonyl (C=O) groups is 4. The van der Waals surface area contributed by atoms with Gasteiger partial charge in [-0.3, -0.25) is 19.2 Å². The van der Waals surface area contributed by atoms with E-state index in [1.807, 2.05) is 27.7 Å². The molecule has 0 unspecified atom stereocenters. The Kier molecular flexibility index (Phi) is 11.4. The molecule has 0 bridgehead atoms. The number of carbonyl (C=O) groups excluding carboxylic acids is 4. The first-order valence-corrected chi connectivity index (χ1v) is 14.8. The maximum Gasteiger partial charge on any atom is 0.314 e. The van der Waals surface area contributed by atoms with Crippen molar-refractivity contribution in [1.82, 2.24) is 0 Å². The zero-order valence-electron chi connectivity index (χ0n) is 28.0. The van der Waals surface area contributed by atoms with Gasteiger partial charge in [0.05, 0.1) is 22.7 Å². The second-order valence-corrected chi connectivity index (χ2v) is 11.7. The number of phenolic OH excluding ortho intramolecular Hbond substituents is 4. The van der Waals surface area contributed by atoms with Crippen LogP contribution in [0.25, 0.3) is 0 Å². The SMILES string of the molecule is Cc1cc(C)c(O)c(NC(=O)C(=O)Nc2cc(C)cc(C)c2O)c1.Cc1cc(C)c(O)c(NC(=O)C(=O)Nc2cc(C)cc(C)c2O)c1. The summed E-state index contributed by atoms with van der Waals surface area (Å²) in [5.74, 6) is -4.09. The van der Waals surface area contributed by atoms with Crippen LogP contribution in [-0.2, 0) is 19.2 Å². The third-order valence-corrected chi connectivity index (χ3v) is 7.18. The molecular weight excluding hydrogens is 616 g/mol. The summed E-state index contributed by atoms with van der Waals surface area (Å²) in [4.78, 5) is 48.2. The van der Waals surface area contributed by atoms with E-state index < -0.39 is 23.6 Å². The zero-order chi connectivity index (χ0) is 36.0. The molecule has 0 aromatic heterocycles. The fraction of sp³-hybridized carbons (Fsp3) is 0.222. The van der Waals surface area contributed by atoms with Crippen molar-refractivity contribution in [3.8, 4) is 23.0 Å². The Morgan fingerprint density at radius 2 is 0.521 bits per heavy atom. The molecule has 4 amide bonds. The van der Waals surface area contributed by atoms with Crippen LogP contribution in [0.2, 0.25) is 0 Å². The Labute approximate surface area is 278 Å². The van der Waals surface area contributed by atoms with Crippen molar-refractivity contribution in [3.05, 3.63) is 93.0 Å². The smallest absolute Gasteiger partial charge is 0.314 e. The van der Waals surface area contributed by atoms with Gasteiger partial charge in [0.25, 0.3) is 0 Å². The molecule has 0 spiro atoms. The van der Waals surface area contributed by atoms with Crippen LogP contribution in [0.5, 0.6) is 23.0 Å². The highest BCUT2D eigenvalue weighted by Gasteiger charge is 2.20. The van der Waals surface area contributed by atoms with Gasteiger partial charge >= 0.3 is 23.6 Å². The number of hydrogen-bond acceptors (Lipinski definition) is 8. The highest BCUT2D eigenvalue weighted by molar-refractivity contribution is 6.44. The number of nitrogens with one attached hydrogen (secondary N) is 4. The van der Waals surface area contributed by atoms with E-state index in [1.165, 1.54) is 0 Å². The third-order valence-electron chi connectivity index (χ3n) is 7.18. The van der Waals surface area contributed by atoms with Crippen LogP contribution in [0.15, 0.2) is 48.5 Å². The molecule has 4 aromatic rings. The van der Waals surface area contributed by atoms with Gasteiger partial charge in [0.2, 0.25) is 0 Å². The Hall–Kier alpha value is -6.04. The molecule has 12 heteroatoms. The van der Waals surface area contributed by atoms with E-state index in [1.54, 1.807) is 76.2 Å². The van der Waals surface area contributed by atoms with E-state index in [0.717, 1.165) is 22.3 Å². The van der Waals surface area contributed by atoms with Crippen molar-refractivity contribution in [3.63, 3.8) is 0 Å². The number of phenols is 4. The van der Waals surface area contributed by atoms with Gasteiger partial charge in [-0.25, -0.2) is 0 Å². The van der Waals surface area contributed by atoms with Crippen LogP contribution >= 0.6 is 0 Å². The van der Waals surface area contributed by atoms with Crippen molar-refractivity contribution in [1.29, 1.82) is 0 Å². The van der Waals surface area contributed by atoms with Crippen LogP contribution in [0.4, 0.5) is 22.7 Å². The second-order valence-electron chi connectivity index (χ2n) is 11.7. The lowest BCUT2D eigenvalue weighted by atomic mass is 10.1. The van der Waals surface area contributed by atoms with Crippen molar-refractivity contribution in [2.45, 2.75) is 55.4 Å². The van der Waals surface area contributed by atoms with Crippen LogP contribution in [-0.4, -0.2) is 44.1 Å². The molecule has 0 aliphatic carbocycles. The first-order valence-electron chi connectivity index (χ1n) is 14.8. The number of anilines is 4. The van der Waals surface area contributed by atoms with E-state index in [4.69, 9.17) is 0 Å². The van der Waals surface area contributed by atoms with E-state index in [9.17, 15) is 39.6 Å². The predicted molar refractivity (Wildman–Crippen MR) is 185 cm³/mol. The Balaban J connectivity index is 0.000000260. The second kappa shape index (κ2) is 15.0. The largest absolute Gasteiger partial charge is 0.505 e. The standard InChI is InChI=1S/2C18H20N2O4/c2*1-9-5-11(3)15(21)13(7-9)19-17(23)18(24)20-14-8-10(2)6-12(4)16(14)22/h2*5-8,21-22H,1-4H3,(H,19,23)(H,20,24). The van der Waals surface area contributed by atoms with Crippen molar-refractivity contribution >= 4 is 46.4 Å². The monoisotopic (exact) mass is 656 g/mol. The number of benzene rings is 4. The first kappa shape index (κ1) is 36.4. The summed E-state index contributed by atoms with van der Waals surface area (Å²) in [5.41, 5.74) is 6.40. The molecule has 0 aliphatic heterocycles. The van der Waals surface area contributed by atoms with Crippen LogP contribution in [0.3, 0.4) is 0 Å². The van der Waals surface area contributed by atoms with Gasteiger partial charge in [-0.05, 0) is 124 Å². The molecule has 0 saturated heterocycles.